The summed E-state index contributed by atoms with van der Waals surface area (Å²) in [6.45, 7) is 5.08. The van der Waals surface area contributed by atoms with Crippen LogP contribution in [0.2, 0.25) is 0 Å². The van der Waals surface area contributed by atoms with Crippen molar-refractivity contribution >= 4 is 0 Å². The van der Waals surface area contributed by atoms with E-state index < -0.39 is 0 Å². The summed E-state index contributed by atoms with van der Waals surface area (Å²) in [5.41, 5.74) is 0.899. The molecule has 0 aromatic heterocycles. The molecule has 4 aliphatic carbocycles. The van der Waals surface area contributed by atoms with Gasteiger partial charge in [-0.1, -0.05) is 19.9 Å². The number of hydrogen-bond acceptors (Lipinski definition) is 2. The van der Waals surface area contributed by atoms with Crippen molar-refractivity contribution < 1.29 is 5.11 Å². The Labute approximate surface area is 147 Å². The first kappa shape index (κ1) is 16.6. The molecule has 4 rings (SSSR count). The Balaban J connectivity index is 1.59. The number of hydrogen-bond donors (Lipinski definition) is 1. The Bertz CT molecular complexity index is 563. The molecule has 0 aliphatic heterocycles. The van der Waals surface area contributed by atoms with Crippen molar-refractivity contribution in [2.75, 3.05) is 0 Å². The SMILES string of the molecule is C[C@]12CC[C@H](O)C[C@H]1CC[C@@H]1[C@@H]2CC[C@]2(C)[C@@H](/C=C\C#N)CC[C@@H]12. The predicted molar refractivity (Wildman–Crippen MR) is 96.0 cm³/mol. The zero-order valence-corrected chi connectivity index (χ0v) is 15.4. The fourth-order valence-electron chi connectivity index (χ4n) is 7.75. The van der Waals surface area contributed by atoms with Gasteiger partial charge in [-0.2, -0.15) is 5.26 Å². The lowest BCUT2D eigenvalue weighted by Gasteiger charge is -2.60. The van der Waals surface area contributed by atoms with Crippen LogP contribution in [0.15, 0.2) is 12.2 Å². The number of allylic oxidation sites excluding steroid dienone is 2. The molecule has 1 N–H and O–H groups in total. The van der Waals surface area contributed by atoms with Crippen LogP contribution >= 0.6 is 0 Å². The maximum Gasteiger partial charge on any atom is 0.0908 e. The molecular weight excluding hydrogens is 294 g/mol. The summed E-state index contributed by atoms with van der Waals surface area (Å²) in [6.07, 6.45) is 15.3. The highest BCUT2D eigenvalue weighted by Crippen LogP contribution is 2.67. The Morgan fingerprint density at radius 2 is 1.71 bits per heavy atom. The van der Waals surface area contributed by atoms with Crippen LogP contribution in [0.4, 0.5) is 0 Å². The van der Waals surface area contributed by atoms with Crippen molar-refractivity contribution in [2.45, 2.75) is 77.7 Å². The quantitative estimate of drug-likeness (QED) is 0.682. The molecule has 132 valence electrons. The van der Waals surface area contributed by atoms with E-state index in [0.29, 0.717) is 16.7 Å². The summed E-state index contributed by atoms with van der Waals surface area (Å²) in [5, 5.41) is 19.1. The summed E-state index contributed by atoms with van der Waals surface area (Å²) in [7, 11) is 0. The fraction of sp³-hybridized carbons (Fsp3) is 0.864. The van der Waals surface area contributed by atoms with Crippen molar-refractivity contribution in [3.63, 3.8) is 0 Å². The summed E-state index contributed by atoms with van der Waals surface area (Å²) in [5.74, 6) is 3.99. The van der Waals surface area contributed by atoms with E-state index in [2.05, 4.69) is 26.0 Å². The first-order valence-corrected chi connectivity index (χ1v) is 10.2. The normalized spacial score (nSPS) is 53.9. The number of nitrogens with zero attached hydrogens (tertiary/aromatic N) is 1. The highest BCUT2D eigenvalue weighted by Gasteiger charge is 2.59. The lowest BCUT2D eigenvalue weighted by molar-refractivity contribution is -0.124. The van der Waals surface area contributed by atoms with Gasteiger partial charge in [0.25, 0.3) is 0 Å². The Morgan fingerprint density at radius 3 is 2.50 bits per heavy atom. The average molecular weight is 328 g/mol. The molecule has 4 fully saturated rings. The maximum absolute atomic E-state index is 10.1. The van der Waals surface area contributed by atoms with Crippen molar-refractivity contribution in [3.05, 3.63) is 12.2 Å². The van der Waals surface area contributed by atoms with Gasteiger partial charge in [0, 0.05) is 6.08 Å². The van der Waals surface area contributed by atoms with E-state index in [1.54, 1.807) is 6.08 Å². The second-order valence-corrected chi connectivity index (χ2v) is 9.80. The monoisotopic (exact) mass is 327 g/mol. The molecule has 2 nitrogen and oxygen atoms in total. The molecule has 0 heterocycles. The molecule has 0 amide bonds. The van der Waals surface area contributed by atoms with E-state index in [-0.39, 0.29) is 6.10 Å². The largest absolute Gasteiger partial charge is 0.393 e. The summed E-state index contributed by atoms with van der Waals surface area (Å²) in [6, 6.07) is 2.21. The van der Waals surface area contributed by atoms with Crippen LogP contribution in [0.5, 0.6) is 0 Å². The topological polar surface area (TPSA) is 44.0 Å². The second kappa shape index (κ2) is 5.87. The van der Waals surface area contributed by atoms with Gasteiger partial charge in [0.15, 0.2) is 0 Å². The van der Waals surface area contributed by atoms with Crippen LogP contribution < -0.4 is 0 Å². The van der Waals surface area contributed by atoms with Gasteiger partial charge in [-0.3, -0.25) is 0 Å². The molecule has 4 saturated carbocycles. The summed E-state index contributed by atoms with van der Waals surface area (Å²) < 4.78 is 0. The number of aliphatic hydroxyl groups excluding tert-OH is 1. The van der Waals surface area contributed by atoms with Crippen molar-refractivity contribution in [3.8, 4) is 6.07 Å². The fourth-order valence-corrected chi connectivity index (χ4v) is 7.75. The van der Waals surface area contributed by atoms with Crippen molar-refractivity contribution in [2.24, 2.45) is 40.4 Å². The molecule has 0 bridgehead atoms. The van der Waals surface area contributed by atoms with Crippen LogP contribution in [0.3, 0.4) is 0 Å². The number of aliphatic hydroxyl groups is 1. The first-order valence-electron chi connectivity index (χ1n) is 10.2. The second-order valence-electron chi connectivity index (χ2n) is 9.80. The van der Waals surface area contributed by atoms with Gasteiger partial charge in [0.1, 0.15) is 0 Å². The third-order valence-electron chi connectivity index (χ3n) is 9.11. The Morgan fingerprint density at radius 1 is 0.958 bits per heavy atom. The van der Waals surface area contributed by atoms with E-state index in [9.17, 15) is 5.11 Å². The molecule has 0 aromatic rings. The minimum Gasteiger partial charge on any atom is -0.393 e. The number of nitriles is 1. The average Bonchev–Trinajstić information content (AvgIpc) is 2.90. The maximum atomic E-state index is 10.1. The highest BCUT2D eigenvalue weighted by atomic mass is 16.3. The van der Waals surface area contributed by atoms with Crippen molar-refractivity contribution in [1.82, 2.24) is 0 Å². The Hall–Kier alpha value is -0.810. The molecule has 0 unspecified atom stereocenters. The molecular formula is C22H33NO. The van der Waals surface area contributed by atoms with Crippen molar-refractivity contribution in [1.29, 1.82) is 5.26 Å². The molecule has 0 radical (unpaired) electrons. The van der Waals surface area contributed by atoms with Crippen LogP contribution in [0, 0.1) is 51.8 Å². The smallest absolute Gasteiger partial charge is 0.0908 e. The molecule has 0 saturated heterocycles. The minimum atomic E-state index is -0.0412. The standard InChI is InChI=1S/C22H33NO/c1-21-12-10-20-18(19(21)8-6-15(21)4-3-13-23)7-5-16-14-17(24)9-11-22(16,20)2/h3-4,15-20,24H,5-12,14H2,1-2H3/b4-3-/t15-,16+,17-,18-,19-,20-,21+,22-/m0/s1. The van der Waals surface area contributed by atoms with Gasteiger partial charge in [-0.05, 0) is 98.2 Å². The van der Waals surface area contributed by atoms with Crippen LogP contribution in [-0.2, 0) is 0 Å². The lowest BCUT2D eigenvalue weighted by Crippen LogP contribution is -2.53. The number of rotatable bonds is 1. The molecule has 24 heavy (non-hydrogen) atoms. The van der Waals surface area contributed by atoms with Crippen LogP contribution in [-0.4, -0.2) is 11.2 Å². The summed E-state index contributed by atoms with van der Waals surface area (Å²) in [4.78, 5) is 0. The van der Waals surface area contributed by atoms with Gasteiger partial charge in [0.2, 0.25) is 0 Å². The van der Waals surface area contributed by atoms with E-state index in [1.807, 2.05) is 0 Å². The molecule has 2 heteroatoms. The predicted octanol–water partition coefficient (Wildman–Crippen LogP) is 5.09. The molecule has 0 aromatic carbocycles. The molecule has 8 atom stereocenters. The van der Waals surface area contributed by atoms with Gasteiger partial charge >= 0.3 is 0 Å². The van der Waals surface area contributed by atoms with Gasteiger partial charge < -0.3 is 5.11 Å². The zero-order chi connectivity index (χ0) is 16.9. The number of fused-ring (bicyclic) bond motifs is 5. The van der Waals surface area contributed by atoms with E-state index in [4.69, 9.17) is 5.26 Å². The van der Waals surface area contributed by atoms with Crippen LogP contribution in [0.1, 0.15) is 71.6 Å². The lowest BCUT2D eigenvalue weighted by atomic mass is 9.44. The van der Waals surface area contributed by atoms with Crippen LogP contribution in [0.25, 0.3) is 0 Å². The highest BCUT2D eigenvalue weighted by molar-refractivity contribution is 5.14. The van der Waals surface area contributed by atoms with E-state index >= 15 is 0 Å². The first-order chi connectivity index (χ1) is 11.5. The zero-order valence-electron chi connectivity index (χ0n) is 15.4. The van der Waals surface area contributed by atoms with Gasteiger partial charge in [-0.25, -0.2) is 0 Å². The molecule has 0 spiro atoms. The van der Waals surface area contributed by atoms with E-state index in [0.717, 1.165) is 36.5 Å². The summed E-state index contributed by atoms with van der Waals surface area (Å²) >= 11 is 0. The third kappa shape index (κ3) is 2.31. The Kier molecular flexibility index (Phi) is 4.07. The van der Waals surface area contributed by atoms with E-state index in [1.165, 1.54) is 44.9 Å². The van der Waals surface area contributed by atoms with Gasteiger partial charge in [0.05, 0.1) is 12.2 Å². The molecule has 4 aliphatic rings. The minimum absolute atomic E-state index is 0.0412. The third-order valence-corrected chi connectivity index (χ3v) is 9.11. The van der Waals surface area contributed by atoms with Gasteiger partial charge in [-0.15, -0.1) is 0 Å².